The Bertz CT molecular complexity index is 734. The Morgan fingerprint density at radius 2 is 2.00 bits per heavy atom. The molecule has 0 saturated heterocycles. The molecule has 1 N–H and O–H groups in total. The SMILES string of the molecule is Cc1cc(C(=O)Nc2ccc(Br)c([N+](=O)[O-])c2)ccc1F. The van der Waals surface area contributed by atoms with Crippen molar-refractivity contribution in [2.24, 2.45) is 0 Å². The standard InChI is InChI=1S/C14H10BrFN2O3/c1-8-6-9(2-5-12(8)16)14(19)17-10-3-4-11(15)13(7-10)18(20)21/h2-7H,1H3,(H,17,19). The van der Waals surface area contributed by atoms with E-state index in [1.54, 1.807) is 6.92 Å². The zero-order valence-corrected chi connectivity index (χ0v) is 12.5. The molecule has 0 heterocycles. The average Bonchev–Trinajstić information content (AvgIpc) is 2.43. The van der Waals surface area contributed by atoms with Crippen molar-refractivity contribution in [3.8, 4) is 0 Å². The number of hydrogen-bond donors (Lipinski definition) is 1. The summed E-state index contributed by atoms with van der Waals surface area (Å²) in [6, 6.07) is 8.23. The van der Waals surface area contributed by atoms with Gasteiger partial charge < -0.3 is 5.32 Å². The van der Waals surface area contributed by atoms with E-state index in [2.05, 4.69) is 21.2 Å². The summed E-state index contributed by atoms with van der Waals surface area (Å²) in [6.07, 6.45) is 0. The molecule has 0 unspecified atom stereocenters. The van der Waals surface area contributed by atoms with E-state index >= 15 is 0 Å². The third kappa shape index (κ3) is 3.43. The molecule has 0 aliphatic rings. The monoisotopic (exact) mass is 352 g/mol. The highest BCUT2D eigenvalue weighted by Gasteiger charge is 2.14. The fourth-order valence-corrected chi connectivity index (χ4v) is 2.11. The first kappa shape index (κ1) is 15.1. The number of anilines is 1. The number of benzene rings is 2. The molecule has 1 amide bonds. The number of carbonyl (C=O) groups excluding carboxylic acids is 1. The van der Waals surface area contributed by atoms with Crippen molar-refractivity contribution in [2.45, 2.75) is 6.92 Å². The number of nitrogens with one attached hydrogen (secondary N) is 1. The van der Waals surface area contributed by atoms with Crippen LogP contribution in [0.1, 0.15) is 15.9 Å². The minimum atomic E-state index is -0.554. The van der Waals surface area contributed by atoms with Crippen molar-refractivity contribution in [2.75, 3.05) is 5.32 Å². The lowest BCUT2D eigenvalue weighted by Crippen LogP contribution is -2.12. The topological polar surface area (TPSA) is 72.2 Å². The minimum Gasteiger partial charge on any atom is -0.322 e. The lowest BCUT2D eigenvalue weighted by molar-refractivity contribution is -0.385. The predicted molar refractivity (Wildman–Crippen MR) is 79.9 cm³/mol. The highest BCUT2D eigenvalue weighted by atomic mass is 79.9. The van der Waals surface area contributed by atoms with Crippen LogP contribution in [0.5, 0.6) is 0 Å². The van der Waals surface area contributed by atoms with Crippen molar-refractivity contribution in [3.05, 3.63) is 67.9 Å². The van der Waals surface area contributed by atoms with Gasteiger partial charge in [0.05, 0.1) is 9.40 Å². The highest BCUT2D eigenvalue weighted by molar-refractivity contribution is 9.10. The molecule has 2 aromatic carbocycles. The Hall–Kier alpha value is -2.28. The zero-order chi connectivity index (χ0) is 15.6. The molecule has 0 spiro atoms. The fraction of sp³-hybridized carbons (Fsp3) is 0.0714. The van der Waals surface area contributed by atoms with Crippen LogP contribution in [0.3, 0.4) is 0 Å². The van der Waals surface area contributed by atoms with Gasteiger partial charge in [0, 0.05) is 17.3 Å². The Balaban J connectivity index is 2.25. The van der Waals surface area contributed by atoms with Crippen LogP contribution in [0.15, 0.2) is 40.9 Å². The second kappa shape index (κ2) is 6.01. The van der Waals surface area contributed by atoms with Crippen LogP contribution in [-0.2, 0) is 0 Å². The Labute approximate surface area is 128 Å². The van der Waals surface area contributed by atoms with Crippen molar-refractivity contribution >= 4 is 33.2 Å². The molecule has 0 radical (unpaired) electrons. The number of halogens is 2. The summed E-state index contributed by atoms with van der Waals surface area (Å²) in [6.45, 7) is 1.55. The van der Waals surface area contributed by atoms with E-state index < -0.39 is 16.6 Å². The average molecular weight is 353 g/mol. The van der Waals surface area contributed by atoms with Gasteiger partial charge in [-0.1, -0.05) is 0 Å². The molecule has 0 atom stereocenters. The van der Waals surface area contributed by atoms with Crippen molar-refractivity contribution < 1.29 is 14.1 Å². The smallest absolute Gasteiger partial charge is 0.285 e. The number of nitro benzene ring substituents is 1. The molecule has 0 aromatic heterocycles. The van der Waals surface area contributed by atoms with Gasteiger partial charge in [-0.15, -0.1) is 0 Å². The molecule has 0 fully saturated rings. The number of nitro groups is 1. The quantitative estimate of drug-likeness (QED) is 0.668. The minimum absolute atomic E-state index is 0.150. The Morgan fingerprint density at radius 3 is 2.62 bits per heavy atom. The second-order valence-corrected chi connectivity index (χ2v) is 5.20. The maximum Gasteiger partial charge on any atom is 0.285 e. The molecule has 5 nitrogen and oxygen atoms in total. The lowest BCUT2D eigenvalue weighted by atomic mass is 10.1. The highest BCUT2D eigenvalue weighted by Crippen LogP contribution is 2.28. The molecule has 7 heteroatoms. The van der Waals surface area contributed by atoms with Gasteiger partial charge in [0.1, 0.15) is 5.82 Å². The Morgan fingerprint density at radius 1 is 1.29 bits per heavy atom. The molecule has 108 valence electrons. The lowest BCUT2D eigenvalue weighted by Gasteiger charge is -2.07. The van der Waals surface area contributed by atoms with E-state index in [9.17, 15) is 19.3 Å². The predicted octanol–water partition coefficient (Wildman–Crippen LogP) is 4.06. The largest absolute Gasteiger partial charge is 0.322 e. The van der Waals surface area contributed by atoms with Crippen LogP contribution in [0.4, 0.5) is 15.8 Å². The van der Waals surface area contributed by atoms with Gasteiger partial charge in [-0.25, -0.2) is 4.39 Å². The summed E-state index contributed by atoms with van der Waals surface area (Å²) < 4.78 is 13.5. The normalized spacial score (nSPS) is 10.2. The molecule has 2 rings (SSSR count). The molecular weight excluding hydrogens is 343 g/mol. The number of hydrogen-bond acceptors (Lipinski definition) is 3. The number of nitrogens with zero attached hydrogens (tertiary/aromatic N) is 1. The van der Waals surface area contributed by atoms with Gasteiger partial charge in [0.25, 0.3) is 11.6 Å². The van der Waals surface area contributed by atoms with Crippen LogP contribution in [-0.4, -0.2) is 10.8 Å². The zero-order valence-electron chi connectivity index (χ0n) is 10.9. The number of amides is 1. The third-order valence-corrected chi connectivity index (χ3v) is 3.49. The van der Waals surface area contributed by atoms with Crippen LogP contribution in [0.25, 0.3) is 0 Å². The summed E-state index contributed by atoms with van der Waals surface area (Å²) in [5, 5.41) is 13.4. The van der Waals surface area contributed by atoms with Gasteiger partial charge in [-0.05, 0) is 58.7 Å². The summed E-state index contributed by atoms with van der Waals surface area (Å²) >= 11 is 3.06. The molecular formula is C14H10BrFN2O3. The van der Waals surface area contributed by atoms with Crippen molar-refractivity contribution in [1.82, 2.24) is 0 Å². The van der Waals surface area contributed by atoms with Crippen molar-refractivity contribution in [1.29, 1.82) is 0 Å². The van der Waals surface area contributed by atoms with Crippen LogP contribution in [0.2, 0.25) is 0 Å². The van der Waals surface area contributed by atoms with Gasteiger partial charge in [-0.2, -0.15) is 0 Å². The Kier molecular flexibility index (Phi) is 4.32. The summed E-state index contributed by atoms with van der Waals surface area (Å²) in [5.74, 6) is -0.861. The van der Waals surface area contributed by atoms with E-state index in [0.29, 0.717) is 10.0 Å². The number of carbonyl (C=O) groups is 1. The first-order chi connectivity index (χ1) is 9.88. The van der Waals surface area contributed by atoms with E-state index in [1.807, 2.05) is 0 Å². The summed E-state index contributed by atoms with van der Waals surface area (Å²) in [4.78, 5) is 22.3. The van der Waals surface area contributed by atoms with Gasteiger partial charge >= 0.3 is 0 Å². The molecule has 0 aliphatic carbocycles. The molecule has 0 bridgehead atoms. The van der Waals surface area contributed by atoms with Gasteiger partial charge in [0.15, 0.2) is 0 Å². The number of aryl methyl sites for hydroxylation is 1. The first-order valence-electron chi connectivity index (χ1n) is 5.90. The summed E-state index contributed by atoms with van der Waals surface area (Å²) in [5.41, 5.74) is 0.767. The molecule has 21 heavy (non-hydrogen) atoms. The van der Waals surface area contributed by atoms with Crippen LogP contribution < -0.4 is 5.32 Å². The van der Waals surface area contributed by atoms with E-state index in [4.69, 9.17) is 0 Å². The second-order valence-electron chi connectivity index (χ2n) is 4.34. The van der Waals surface area contributed by atoms with E-state index in [-0.39, 0.29) is 16.9 Å². The summed E-state index contributed by atoms with van der Waals surface area (Å²) in [7, 11) is 0. The third-order valence-electron chi connectivity index (χ3n) is 2.82. The molecule has 0 aliphatic heterocycles. The van der Waals surface area contributed by atoms with Crippen LogP contribution in [0, 0.1) is 22.9 Å². The van der Waals surface area contributed by atoms with Crippen LogP contribution >= 0.6 is 15.9 Å². The maximum atomic E-state index is 13.2. The fourth-order valence-electron chi connectivity index (χ4n) is 1.72. The molecule has 2 aromatic rings. The van der Waals surface area contributed by atoms with E-state index in [0.717, 1.165) is 0 Å². The maximum absolute atomic E-state index is 13.2. The number of rotatable bonds is 3. The first-order valence-corrected chi connectivity index (χ1v) is 6.69. The molecule has 0 saturated carbocycles. The van der Waals surface area contributed by atoms with Gasteiger partial charge in [-0.3, -0.25) is 14.9 Å². The van der Waals surface area contributed by atoms with E-state index in [1.165, 1.54) is 36.4 Å². The van der Waals surface area contributed by atoms with Gasteiger partial charge in [0.2, 0.25) is 0 Å². The van der Waals surface area contributed by atoms with Crippen molar-refractivity contribution in [3.63, 3.8) is 0 Å².